The molecule has 0 fully saturated rings. The van der Waals surface area contributed by atoms with Gasteiger partial charge >= 0.3 is 0 Å². The van der Waals surface area contributed by atoms with Crippen molar-refractivity contribution in [2.75, 3.05) is 19.0 Å². The van der Waals surface area contributed by atoms with Crippen LogP contribution in [0.2, 0.25) is 0 Å². The van der Waals surface area contributed by atoms with E-state index in [1.165, 1.54) is 5.56 Å². The minimum absolute atomic E-state index is 0.618. The maximum atomic E-state index is 5.26. The third-order valence-electron chi connectivity index (χ3n) is 5.43. The second-order valence-electron chi connectivity index (χ2n) is 7.48. The molecule has 0 bridgehead atoms. The van der Waals surface area contributed by atoms with Crippen molar-refractivity contribution >= 4 is 17.0 Å². The highest BCUT2D eigenvalue weighted by atomic mass is 16.5. The molecule has 2 aromatic carbocycles. The molecule has 5 aromatic rings. The minimum Gasteiger partial charge on any atom is -0.497 e. The van der Waals surface area contributed by atoms with E-state index in [9.17, 15) is 0 Å². The van der Waals surface area contributed by atoms with Crippen molar-refractivity contribution in [3.8, 4) is 28.1 Å². The summed E-state index contributed by atoms with van der Waals surface area (Å²) in [5.41, 5.74) is 6.08. The third-order valence-corrected chi connectivity index (χ3v) is 5.43. The minimum atomic E-state index is 0.618. The number of hydrogen-bond acceptors (Lipinski definition) is 5. The zero-order valence-electron chi connectivity index (χ0n) is 17.7. The van der Waals surface area contributed by atoms with Gasteiger partial charge < -0.3 is 15.0 Å². The highest BCUT2D eigenvalue weighted by molar-refractivity contribution is 5.95. The van der Waals surface area contributed by atoms with Gasteiger partial charge in [-0.25, -0.2) is 15.0 Å². The van der Waals surface area contributed by atoms with E-state index in [1.807, 2.05) is 48.8 Å². The molecule has 0 aliphatic carbocycles. The Bertz CT molecular complexity index is 1330. The number of benzene rings is 2. The fourth-order valence-electron chi connectivity index (χ4n) is 3.71. The maximum absolute atomic E-state index is 5.26. The number of ether oxygens (including phenoxy) is 1. The zero-order valence-corrected chi connectivity index (χ0v) is 17.7. The smallest absolute Gasteiger partial charge is 0.223 e. The van der Waals surface area contributed by atoms with Gasteiger partial charge in [-0.2, -0.15) is 0 Å². The lowest BCUT2D eigenvalue weighted by atomic mass is 10.0. The first kappa shape index (κ1) is 19.8. The number of hydrogen-bond donors (Lipinski definition) is 2. The average Bonchev–Trinajstić information content (AvgIpc) is 3.28. The number of methoxy groups -OCH3 is 1. The summed E-state index contributed by atoms with van der Waals surface area (Å²) in [7, 11) is 1.67. The van der Waals surface area contributed by atoms with E-state index in [0.717, 1.165) is 52.1 Å². The van der Waals surface area contributed by atoms with Crippen molar-refractivity contribution in [1.82, 2.24) is 19.9 Å². The Kier molecular flexibility index (Phi) is 5.49. The Hall–Kier alpha value is -4.19. The van der Waals surface area contributed by atoms with E-state index in [1.54, 1.807) is 13.3 Å². The van der Waals surface area contributed by atoms with Crippen LogP contribution in [0.15, 0.2) is 85.3 Å². The first-order valence-electron chi connectivity index (χ1n) is 10.5. The molecule has 2 N–H and O–H groups in total. The van der Waals surface area contributed by atoms with E-state index in [2.05, 4.69) is 50.6 Å². The lowest BCUT2D eigenvalue weighted by molar-refractivity contribution is 0.415. The van der Waals surface area contributed by atoms with E-state index < -0.39 is 0 Å². The molecule has 0 saturated carbocycles. The van der Waals surface area contributed by atoms with Gasteiger partial charge in [-0.15, -0.1) is 0 Å². The van der Waals surface area contributed by atoms with E-state index >= 15 is 0 Å². The van der Waals surface area contributed by atoms with E-state index in [0.29, 0.717) is 5.95 Å². The average molecular weight is 422 g/mol. The number of nitrogens with one attached hydrogen (secondary N) is 2. The summed E-state index contributed by atoms with van der Waals surface area (Å²) < 4.78 is 5.26. The molecule has 3 aromatic heterocycles. The monoisotopic (exact) mass is 421 g/mol. The molecule has 0 spiro atoms. The molecule has 6 nitrogen and oxygen atoms in total. The van der Waals surface area contributed by atoms with Gasteiger partial charge in [0.1, 0.15) is 11.4 Å². The van der Waals surface area contributed by atoms with Crippen LogP contribution in [0.4, 0.5) is 5.95 Å². The van der Waals surface area contributed by atoms with E-state index in [4.69, 9.17) is 9.72 Å². The van der Waals surface area contributed by atoms with Crippen LogP contribution < -0.4 is 10.1 Å². The van der Waals surface area contributed by atoms with Gasteiger partial charge in [0.15, 0.2) is 0 Å². The molecule has 0 aliphatic heterocycles. The van der Waals surface area contributed by atoms with Crippen LogP contribution in [-0.4, -0.2) is 33.6 Å². The van der Waals surface area contributed by atoms with Crippen LogP contribution in [0.3, 0.4) is 0 Å². The Labute approximate surface area is 186 Å². The molecule has 0 aliphatic rings. The molecular weight excluding hydrogens is 398 g/mol. The molecule has 0 radical (unpaired) electrons. The highest BCUT2D eigenvalue weighted by Gasteiger charge is 2.11. The summed E-state index contributed by atoms with van der Waals surface area (Å²) in [4.78, 5) is 17.0. The topological polar surface area (TPSA) is 75.7 Å². The van der Waals surface area contributed by atoms with Crippen LogP contribution >= 0.6 is 0 Å². The fourth-order valence-corrected chi connectivity index (χ4v) is 3.71. The molecule has 6 heteroatoms. The number of pyridine rings is 1. The Morgan fingerprint density at radius 2 is 1.78 bits per heavy atom. The van der Waals surface area contributed by atoms with Gasteiger partial charge in [0.05, 0.1) is 12.8 Å². The van der Waals surface area contributed by atoms with Crippen LogP contribution in [0, 0.1) is 0 Å². The maximum Gasteiger partial charge on any atom is 0.223 e. The normalized spacial score (nSPS) is 10.9. The predicted molar refractivity (Wildman–Crippen MR) is 128 cm³/mol. The number of H-pyrrole nitrogens is 1. The summed E-state index contributed by atoms with van der Waals surface area (Å²) in [6.45, 7) is 0.768. The Morgan fingerprint density at radius 1 is 0.938 bits per heavy atom. The second kappa shape index (κ2) is 8.89. The van der Waals surface area contributed by atoms with Gasteiger partial charge in [0.2, 0.25) is 5.95 Å². The van der Waals surface area contributed by atoms with Crippen LogP contribution in [0.1, 0.15) is 5.56 Å². The third kappa shape index (κ3) is 4.16. The number of rotatable bonds is 7. The molecule has 0 unspecified atom stereocenters. The predicted octanol–water partition coefficient (Wildman–Crippen LogP) is 5.35. The lowest BCUT2D eigenvalue weighted by Crippen LogP contribution is -2.08. The number of fused-ring (bicyclic) bond motifs is 1. The van der Waals surface area contributed by atoms with Gasteiger partial charge in [-0.1, -0.05) is 42.5 Å². The summed E-state index contributed by atoms with van der Waals surface area (Å²) in [5.74, 6) is 1.45. The highest BCUT2D eigenvalue weighted by Crippen LogP contribution is 2.30. The number of aromatic nitrogens is 4. The summed E-state index contributed by atoms with van der Waals surface area (Å²) >= 11 is 0. The van der Waals surface area contributed by atoms with Crippen molar-refractivity contribution in [3.05, 3.63) is 90.9 Å². The first-order chi connectivity index (χ1) is 15.8. The largest absolute Gasteiger partial charge is 0.497 e. The van der Waals surface area contributed by atoms with Crippen LogP contribution in [-0.2, 0) is 6.42 Å². The zero-order chi connectivity index (χ0) is 21.8. The van der Waals surface area contributed by atoms with Gasteiger partial charge in [-0.3, -0.25) is 0 Å². The van der Waals surface area contributed by atoms with Crippen molar-refractivity contribution < 1.29 is 4.74 Å². The molecule has 0 amide bonds. The standard InChI is InChI=1S/C26H23N5O/c1-32-21-9-7-19(8-10-21)20-15-22-23(17-30-25(22)29-16-20)24-12-14-28-26(31-24)27-13-11-18-5-3-2-4-6-18/h2-10,12,14-17H,11,13H2,1H3,(H,29,30)(H,27,28,31). The molecule has 158 valence electrons. The van der Waals surface area contributed by atoms with Crippen molar-refractivity contribution in [1.29, 1.82) is 0 Å². The lowest BCUT2D eigenvalue weighted by Gasteiger charge is -2.07. The molecule has 0 atom stereocenters. The molecule has 3 heterocycles. The molecule has 32 heavy (non-hydrogen) atoms. The summed E-state index contributed by atoms with van der Waals surface area (Å²) in [5, 5.41) is 4.35. The van der Waals surface area contributed by atoms with Crippen molar-refractivity contribution in [3.63, 3.8) is 0 Å². The second-order valence-corrected chi connectivity index (χ2v) is 7.48. The Morgan fingerprint density at radius 3 is 2.59 bits per heavy atom. The Balaban J connectivity index is 1.39. The number of nitrogens with zero attached hydrogens (tertiary/aromatic N) is 3. The summed E-state index contributed by atoms with van der Waals surface area (Å²) in [6.07, 6.45) is 6.52. The van der Waals surface area contributed by atoms with Crippen LogP contribution in [0.25, 0.3) is 33.4 Å². The number of anilines is 1. The molecular formula is C26H23N5O. The van der Waals surface area contributed by atoms with Crippen LogP contribution in [0.5, 0.6) is 5.75 Å². The number of aromatic amines is 1. The first-order valence-corrected chi connectivity index (χ1v) is 10.5. The molecule has 5 rings (SSSR count). The quantitative estimate of drug-likeness (QED) is 0.370. The van der Waals surface area contributed by atoms with Crippen molar-refractivity contribution in [2.24, 2.45) is 0 Å². The fraction of sp³-hybridized carbons (Fsp3) is 0.115. The van der Waals surface area contributed by atoms with Gasteiger partial charge in [0.25, 0.3) is 0 Å². The summed E-state index contributed by atoms with van der Waals surface area (Å²) in [6, 6.07) is 22.4. The van der Waals surface area contributed by atoms with Gasteiger partial charge in [-0.05, 0) is 41.8 Å². The van der Waals surface area contributed by atoms with E-state index in [-0.39, 0.29) is 0 Å². The SMILES string of the molecule is COc1ccc(-c2cnc3[nH]cc(-c4ccnc(NCCc5ccccc5)n4)c3c2)cc1. The van der Waals surface area contributed by atoms with Gasteiger partial charge in [0, 0.05) is 41.6 Å². The van der Waals surface area contributed by atoms with Crippen molar-refractivity contribution in [2.45, 2.75) is 6.42 Å². The molecule has 0 saturated heterocycles.